The summed E-state index contributed by atoms with van der Waals surface area (Å²) in [4.78, 5) is 24.2. The van der Waals surface area contributed by atoms with Crippen molar-refractivity contribution in [3.8, 4) is 0 Å². The van der Waals surface area contributed by atoms with Crippen molar-refractivity contribution in [3.63, 3.8) is 0 Å². The van der Waals surface area contributed by atoms with Crippen LogP contribution < -0.4 is 0 Å². The topological polar surface area (TPSA) is 57.6 Å². The van der Waals surface area contributed by atoms with Crippen LogP contribution in [0.2, 0.25) is 0 Å². The number of nitrogens with zero attached hydrogens (tertiary/aromatic N) is 1. The van der Waals surface area contributed by atoms with Gasteiger partial charge in [0.05, 0.1) is 11.8 Å². The molecule has 0 unspecified atom stereocenters. The fourth-order valence-electron chi connectivity index (χ4n) is 2.09. The van der Waals surface area contributed by atoms with Gasteiger partial charge in [-0.1, -0.05) is 0 Å². The van der Waals surface area contributed by atoms with E-state index < -0.39 is 11.9 Å². The van der Waals surface area contributed by atoms with E-state index in [0.29, 0.717) is 6.42 Å². The van der Waals surface area contributed by atoms with E-state index in [1.807, 2.05) is 4.90 Å². The van der Waals surface area contributed by atoms with Crippen LogP contribution in [0.1, 0.15) is 25.7 Å². The summed E-state index contributed by atoms with van der Waals surface area (Å²) >= 11 is 0. The van der Waals surface area contributed by atoms with E-state index in [1.54, 1.807) is 0 Å². The van der Waals surface area contributed by atoms with Gasteiger partial charge in [0.15, 0.2) is 0 Å². The Balaban J connectivity index is 1.87. The molecule has 14 heavy (non-hydrogen) atoms. The lowest BCUT2D eigenvalue weighted by molar-refractivity contribution is -0.142. The van der Waals surface area contributed by atoms with Gasteiger partial charge in [0.1, 0.15) is 0 Å². The van der Waals surface area contributed by atoms with E-state index >= 15 is 0 Å². The summed E-state index contributed by atoms with van der Waals surface area (Å²) in [5.41, 5.74) is 0. The van der Waals surface area contributed by atoms with Crippen LogP contribution in [0.5, 0.6) is 0 Å². The Labute approximate surface area is 82.9 Å². The molecular formula is C10H15NO3. The average Bonchev–Trinajstić information content (AvgIpc) is 2.97. The van der Waals surface area contributed by atoms with Crippen LogP contribution in [0.25, 0.3) is 0 Å². The maximum absolute atomic E-state index is 11.7. The summed E-state index contributed by atoms with van der Waals surface area (Å²) < 4.78 is 0. The summed E-state index contributed by atoms with van der Waals surface area (Å²) in [5.74, 6) is -1.37. The van der Waals surface area contributed by atoms with Gasteiger partial charge in [-0.25, -0.2) is 0 Å². The molecule has 2 aliphatic rings. The van der Waals surface area contributed by atoms with Crippen molar-refractivity contribution >= 4 is 11.9 Å². The lowest BCUT2D eigenvalue weighted by atomic mass is 10.1. The molecule has 1 aliphatic heterocycles. The van der Waals surface area contributed by atoms with Crippen LogP contribution in [-0.2, 0) is 9.59 Å². The summed E-state index contributed by atoms with van der Waals surface area (Å²) in [6.45, 7) is 1.64. The van der Waals surface area contributed by atoms with Gasteiger partial charge >= 0.3 is 5.97 Å². The van der Waals surface area contributed by atoms with Gasteiger partial charge in [0.25, 0.3) is 0 Å². The number of rotatable bonds is 2. The Hall–Kier alpha value is -1.06. The van der Waals surface area contributed by atoms with Crippen molar-refractivity contribution in [2.24, 2.45) is 11.8 Å². The molecule has 1 N–H and O–H groups in total. The van der Waals surface area contributed by atoms with Gasteiger partial charge in [-0.3, -0.25) is 9.59 Å². The quantitative estimate of drug-likeness (QED) is 0.709. The molecule has 0 bridgehead atoms. The largest absolute Gasteiger partial charge is 0.481 e. The van der Waals surface area contributed by atoms with Gasteiger partial charge in [-0.05, 0) is 25.7 Å². The summed E-state index contributed by atoms with van der Waals surface area (Å²) in [7, 11) is 0. The molecule has 4 heteroatoms. The number of carboxylic acid groups (broad SMARTS) is 1. The van der Waals surface area contributed by atoms with Crippen molar-refractivity contribution in [1.82, 2.24) is 4.90 Å². The number of hydrogen-bond acceptors (Lipinski definition) is 2. The highest BCUT2D eigenvalue weighted by molar-refractivity contribution is 5.89. The maximum atomic E-state index is 11.7. The fraction of sp³-hybridized carbons (Fsp3) is 0.800. The maximum Gasteiger partial charge on any atom is 0.307 e. The molecule has 2 atom stereocenters. The van der Waals surface area contributed by atoms with Gasteiger partial charge in [-0.2, -0.15) is 0 Å². The second-order valence-electron chi connectivity index (χ2n) is 4.17. The van der Waals surface area contributed by atoms with Gasteiger partial charge in [0.2, 0.25) is 5.91 Å². The highest BCUT2D eigenvalue weighted by Gasteiger charge is 2.49. The molecule has 2 rings (SSSR count). The zero-order valence-corrected chi connectivity index (χ0v) is 8.11. The van der Waals surface area contributed by atoms with Crippen LogP contribution >= 0.6 is 0 Å². The molecule has 0 radical (unpaired) electrons. The van der Waals surface area contributed by atoms with Crippen molar-refractivity contribution in [2.45, 2.75) is 25.7 Å². The molecular weight excluding hydrogens is 182 g/mol. The monoisotopic (exact) mass is 197 g/mol. The summed E-state index contributed by atoms with van der Waals surface area (Å²) in [5, 5.41) is 8.70. The minimum atomic E-state index is -0.819. The van der Waals surface area contributed by atoms with Gasteiger partial charge in [0, 0.05) is 13.1 Å². The normalized spacial score (nSPS) is 31.3. The van der Waals surface area contributed by atoms with Gasteiger partial charge < -0.3 is 10.0 Å². The molecule has 0 spiro atoms. The number of hydrogen-bond donors (Lipinski definition) is 1. The Morgan fingerprint density at radius 1 is 1.07 bits per heavy atom. The number of likely N-dealkylation sites (tertiary alicyclic amines) is 1. The third kappa shape index (κ3) is 1.74. The van der Waals surface area contributed by atoms with Crippen molar-refractivity contribution in [1.29, 1.82) is 0 Å². The number of carbonyl (C=O) groups is 2. The molecule has 0 aromatic heterocycles. The first-order chi connectivity index (χ1) is 6.70. The number of aliphatic carboxylic acids is 1. The summed E-state index contributed by atoms with van der Waals surface area (Å²) in [6, 6.07) is 0. The third-order valence-corrected chi connectivity index (χ3v) is 3.09. The Morgan fingerprint density at radius 3 is 2.21 bits per heavy atom. The predicted octanol–water partition coefficient (Wildman–Crippen LogP) is 0.720. The Morgan fingerprint density at radius 2 is 1.71 bits per heavy atom. The molecule has 1 aliphatic carbocycles. The highest BCUT2D eigenvalue weighted by atomic mass is 16.4. The van der Waals surface area contributed by atoms with Crippen molar-refractivity contribution < 1.29 is 14.7 Å². The molecule has 2 fully saturated rings. The van der Waals surface area contributed by atoms with E-state index in [1.165, 1.54) is 6.42 Å². The average molecular weight is 197 g/mol. The standard InChI is InChI=1S/C10H15NO3/c12-9(7-6-8(7)10(13)14)11-4-2-1-3-5-11/h7-8H,1-6H2,(H,13,14)/t7-,8-/m1/s1. The minimum absolute atomic E-state index is 0.0668. The highest BCUT2D eigenvalue weighted by Crippen LogP contribution is 2.40. The zero-order chi connectivity index (χ0) is 10.1. The SMILES string of the molecule is O=C(O)[C@@H]1C[C@H]1C(=O)N1CCCCC1. The molecule has 1 amide bonds. The Kier molecular flexibility index (Phi) is 2.44. The summed E-state index contributed by atoms with van der Waals surface area (Å²) in [6.07, 6.45) is 3.87. The second kappa shape index (κ2) is 3.59. The molecule has 1 heterocycles. The van der Waals surface area contributed by atoms with Crippen LogP contribution in [-0.4, -0.2) is 35.0 Å². The van der Waals surface area contributed by atoms with Crippen molar-refractivity contribution in [2.75, 3.05) is 13.1 Å². The van der Waals surface area contributed by atoms with E-state index in [9.17, 15) is 9.59 Å². The molecule has 1 saturated heterocycles. The first-order valence-electron chi connectivity index (χ1n) is 5.22. The van der Waals surface area contributed by atoms with Crippen LogP contribution in [0.3, 0.4) is 0 Å². The number of carbonyl (C=O) groups excluding carboxylic acids is 1. The van der Waals surface area contributed by atoms with E-state index in [2.05, 4.69) is 0 Å². The van der Waals surface area contributed by atoms with Gasteiger partial charge in [-0.15, -0.1) is 0 Å². The smallest absolute Gasteiger partial charge is 0.307 e. The minimum Gasteiger partial charge on any atom is -0.481 e. The van der Waals surface area contributed by atoms with E-state index in [0.717, 1.165) is 25.9 Å². The van der Waals surface area contributed by atoms with Crippen molar-refractivity contribution in [3.05, 3.63) is 0 Å². The number of carboxylic acids is 1. The van der Waals surface area contributed by atoms with Crippen LogP contribution in [0.15, 0.2) is 0 Å². The van der Waals surface area contributed by atoms with Crippen LogP contribution in [0, 0.1) is 11.8 Å². The lowest BCUT2D eigenvalue weighted by Crippen LogP contribution is -2.37. The molecule has 78 valence electrons. The van der Waals surface area contributed by atoms with E-state index in [-0.39, 0.29) is 11.8 Å². The predicted molar refractivity (Wildman–Crippen MR) is 49.7 cm³/mol. The molecule has 0 aromatic rings. The lowest BCUT2D eigenvalue weighted by Gasteiger charge is -2.26. The zero-order valence-electron chi connectivity index (χ0n) is 8.11. The third-order valence-electron chi connectivity index (χ3n) is 3.09. The molecule has 0 aromatic carbocycles. The first kappa shape index (κ1) is 9.49. The fourth-order valence-corrected chi connectivity index (χ4v) is 2.09. The number of amides is 1. The molecule has 4 nitrogen and oxygen atoms in total. The first-order valence-corrected chi connectivity index (χ1v) is 5.22. The number of piperidine rings is 1. The molecule has 1 saturated carbocycles. The van der Waals surface area contributed by atoms with E-state index in [4.69, 9.17) is 5.11 Å². The Bertz CT molecular complexity index is 258. The van der Waals surface area contributed by atoms with Crippen LogP contribution in [0.4, 0.5) is 0 Å². The second-order valence-corrected chi connectivity index (χ2v) is 4.17.